The van der Waals surface area contributed by atoms with Crippen LogP contribution in [-0.4, -0.2) is 16.9 Å². The molecule has 0 fully saturated rings. The Labute approximate surface area is 147 Å². The molecule has 0 aliphatic heterocycles. The Morgan fingerprint density at radius 1 is 1.15 bits per heavy atom. The summed E-state index contributed by atoms with van der Waals surface area (Å²) in [5.74, 6) is -0.542. The monoisotopic (exact) mass is 367 g/mol. The van der Waals surface area contributed by atoms with E-state index in [1.165, 1.54) is 50.2 Å². The zero-order valence-electron chi connectivity index (χ0n) is 13.9. The molecule has 0 heterocycles. The average Bonchev–Trinajstić information content (AvgIpc) is 2.55. The van der Waals surface area contributed by atoms with Crippen molar-refractivity contribution < 1.29 is 22.9 Å². The van der Waals surface area contributed by atoms with Crippen molar-refractivity contribution in [2.24, 2.45) is 0 Å². The SMILES string of the molecule is Cc1ccc(NC(C)C(=O)Nc2cccc([N+](=O)[O-])c2)cc1C(F)(F)F. The van der Waals surface area contributed by atoms with Gasteiger partial charge >= 0.3 is 6.18 Å². The Morgan fingerprint density at radius 2 is 1.85 bits per heavy atom. The summed E-state index contributed by atoms with van der Waals surface area (Å²) >= 11 is 0. The molecule has 2 rings (SSSR count). The van der Waals surface area contributed by atoms with E-state index in [1.807, 2.05) is 0 Å². The van der Waals surface area contributed by atoms with Crippen molar-refractivity contribution in [3.05, 3.63) is 63.7 Å². The number of amides is 1. The Kier molecular flexibility index (Phi) is 5.49. The number of nitro benzene ring substituents is 1. The second kappa shape index (κ2) is 7.42. The first-order chi connectivity index (χ1) is 12.1. The van der Waals surface area contributed by atoms with Crippen molar-refractivity contribution >= 4 is 23.0 Å². The van der Waals surface area contributed by atoms with E-state index >= 15 is 0 Å². The first-order valence-electron chi connectivity index (χ1n) is 7.57. The molecular weight excluding hydrogens is 351 g/mol. The Hall–Kier alpha value is -3.10. The largest absolute Gasteiger partial charge is 0.416 e. The lowest BCUT2D eigenvalue weighted by atomic mass is 10.1. The fourth-order valence-corrected chi connectivity index (χ4v) is 2.28. The number of benzene rings is 2. The fourth-order valence-electron chi connectivity index (χ4n) is 2.28. The van der Waals surface area contributed by atoms with E-state index in [2.05, 4.69) is 10.6 Å². The van der Waals surface area contributed by atoms with Crippen LogP contribution in [0.5, 0.6) is 0 Å². The zero-order valence-corrected chi connectivity index (χ0v) is 13.9. The number of rotatable bonds is 5. The molecule has 0 saturated heterocycles. The number of nitrogens with one attached hydrogen (secondary N) is 2. The molecule has 2 aromatic rings. The van der Waals surface area contributed by atoms with Gasteiger partial charge in [-0.2, -0.15) is 13.2 Å². The topological polar surface area (TPSA) is 84.3 Å². The predicted octanol–water partition coefficient (Wildman–Crippen LogP) is 4.36. The zero-order chi connectivity index (χ0) is 19.5. The molecule has 6 nitrogen and oxygen atoms in total. The summed E-state index contributed by atoms with van der Waals surface area (Å²) in [6.45, 7) is 2.82. The van der Waals surface area contributed by atoms with Crippen molar-refractivity contribution in [1.29, 1.82) is 0 Å². The van der Waals surface area contributed by atoms with E-state index in [-0.39, 0.29) is 22.6 Å². The van der Waals surface area contributed by atoms with Gasteiger partial charge in [0.1, 0.15) is 6.04 Å². The maximum atomic E-state index is 13.0. The molecular formula is C17H16F3N3O3. The van der Waals surface area contributed by atoms with E-state index < -0.39 is 28.6 Å². The first kappa shape index (κ1) is 19.2. The van der Waals surface area contributed by atoms with E-state index in [0.29, 0.717) is 0 Å². The lowest BCUT2D eigenvalue weighted by molar-refractivity contribution is -0.384. The van der Waals surface area contributed by atoms with Gasteiger partial charge in [0, 0.05) is 23.5 Å². The summed E-state index contributed by atoms with van der Waals surface area (Å²) in [5, 5.41) is 15.9. The van der Waals surface area contributed by atoms with Gasteiger partial charge < -0.3 is 10.6 Å². The van der Waals surface area contributed by atoms with Crippen LogP contribution in [0.3, 0.4) is 0 Å². The van der Waals surface area contributed by atoms with Crippen molar-refractivity contribution in [1.82, 2.24) is 0 Å². The molecule has 0 radical (unpaired) electrons. The van der Waals surface area contributed by atoms with E-state index in [0.717, 1.165) is 6.07 Å². The van der Waals surface area contributed by atoms with E-state index in [4.69, 9.17) is 0 Å². The van der Waals surface area contributed by atoms with Gasteiger partial charge in [-0.05, 0) is 37.6 Å². The maximum absolute atomic E-state index is 13.0. The number of nitro groups is 1. The van der Waals surface area contributed by atoms with Crippen LogP contribution < -0.4 is 10.6 Å². The molecule has 26 heavy (non-hydrogen) atoms. The smallest absolute Gasteiger partial charge is 0.374 e. The molecule has 0 bridgehead atoms. The van der Waals surface area contributed by atoms with Crippen molar-refractivity contribution in [2.45, 2.75) is 26.1 Å². The molecule has 2 N–H and O–H groups in total. The van der Waals surface area contributed by atoms with Crippen LogP contribution in [0, 0.1) is 17.0 Å². The van der Waals surface area contributed by atoms with Crippen LogP contribution >= 0.6 is 0 Å². The third kappa shape index (κ3) is 4.71. The number of carbonyl (C=O) groups excluding carboxylic acids is 1. The number of carbonyl (C=O) groups is 1. The molecule has 1 atom stereocenters. The molecule has 1 unspecified atom stereocenters. The maximum Gasteiger partial charge on any atom is 0.416 e. The fraction of sp³-hybridized carbons (Fsp3) is 0.235. The number of aryl methyl sites for hydroxylation is 1. The summed E-state index contributed by atoms with van der Waals surface area (Å²) in [5.41, 5.74) is -0.523. The minimum absolute atomic E-state index is 0.0803. The highest BCUT2D eigenvalue weighted by molar-refractivity contribution is 5.96. The molecule has 0 saturated carbocycles. The summed E-state index contributed by atoms with van der Waals surface area (Å²) in [6, 6.07) is 8.20. The predicted molar refractivity (Wildman–Crippen MR) is 91.0 cm³/mol. The highest BCUT2D eigenvalue weighted by Crippen LogP contribution is 2.33. The van der Waals surface area contributed by atoms with Crippen LogP contribution in [0.25, 0.3) is 0 Å². The number of non-ortho nitro benzene ring substituents is 1. The lowest BCUT2D eigenvalue weighted by Gasteiger charge is -2.17. The summed E-state index contributed by atoms with van der Waals surface area (Å²) < 4.78 is 38.9. The number of alkyl halides is 3. The van der Waals surface area contributed by atoms with Crippen LogP contribution in [0.2, 0.25) is 0 Å². The second-order valence-corrected chi connectivity index (χ2v) is 5.69. The van der Waals surface area contributed by atoms with Gasteiger partial charge in [-0.1, -0.05) is 12.1 Å². The third-order valence-electron chi connectivity index (χ3n) is 3.64. The molecule has 0 aliphatic rings. The molecule has 0 aromatic heterocycles. The van der Waals surface area contributed by atoms with Gasteiger partial charge in [0.05, 0.1) is 10.5 Å². The standard InChI is InChI=1S/C17H16F3N3O3/c1-10-6-7-13(9-15(10)17(18,19)20)21-11(2)16(24)22-12-4-3-5-14(8-12)23(25)26/h3-9,11,21H,1-2H3,(H,22,24). The van der Waals surface area contributed by atoms with Gasteiger partial charge in [0.2, 0.25) is 5.91 Å². The number of halogens is 3. The normalized spacial score (nSPS) is 12.3. The van der Waals surface area contributed by atoms with Gasteiger partial charge in [0.15, 0.2) is 0 Å². The lowest BCUT2D eigenvalue weighted by Crippen LogP contribution is -2.32. The van der Waals surface area contributed by atoms with Gasteiger partial charge in [-0.15, -0.1) is 0 Å². The van der Waals surface area contributed by atoms with E-state index in [9.17, 15) is 28.1 Å². The number of nitrogens with zero attached hydrogens (tertiary/aromatic N) is 1. The minimum atomic E-state index is -4.49. The number of anilines is 2. The van der Waals surface area contributed by atoms with E-state index in [1.54, 1.807) is 0 Å². The van der Waals surface area contributed by atoms with Crippen molar-refractivity contribution in [3.63, 3.8) is 0 Å². The second-order valence-electron chi connectivity index (χ2n) is 5.69. The molecule has 138 valence electrons. The van der Waals surface area contributed by atoms with Crippen LogP contribution in [0.1, 0.15) is 18.1 Å². The Balaban J connectivity index is 2.10. The summed E-state index contributed by atoms with van der Waals surface area (Å²) in [6.07, 6.45) is -4.49. The third-order valence-corrected chi connectivity index (χ3v) is 3.64. The van der Waals surface area contributed by atoms with Crippen LogP contribution in [0.15, 0.2) is 42.5 Å². The highest BCUT2D eigenvalue weighted by Gasteiger charge is 2.32. The quantitative estimate of drug-likeness (QED) is 0.607. The van der Waals surface area contributed by atoms with Gasteiger partial charge in [0.25, 0.3) is 5.69 Å². The molecule has 9 heteroatoms. The number of hydrogen-bond acceptors (Lipinski definition) is 4. The summed E-state index contributed by atoms with van der Waals surface area (Å²) in [4.78, 5) is 22.3. The minimum Gasteiger partial charge on any atom is -0.374 e. The van der Waals surface area contributed by atoms with Crippen LogP contribution in [0.4, 0.5) is 30.2 Å². The average molecular weight is 367 g/mol. The van der Waals surface area contributed by atoms with Crippen molar-refractivity contribution in [2.75, 3.05) is 10.6 Å². The molecule has 1 amide bonds. The van der Waals surface area contributed by atoms with Crippen LogP contribution in [-0.2, 0) is 11.0 Å². The Bertz CT molecular complexity index is 837. The van der Waals surface area contributed by atoms with Gasteiger partial charge in [-0.25, -0.2) is 0 Å². The summed E-state index contributed by atoms with van der Waals surface area (Å²) in [7, 11) is 0. The molecule has 2 aromatic carbocycles. The molecule has 0 spiro atoms. The van der Waals surface area contributed by atoms with Crippen molar-refractivity contribution in [3.8, 4) is 0 Å². The number of hydrogen-bond donors (Lipinski definition) is 2. The highest BCUT2D eigenvalue weighted by atomic mass is 19.4. The molecule has 0 aliphatic carbocycles. The first-order valence-corrected chi connectivity index (χ1v) is 7.57. The Morgan fingerprint density at radius 3 is 2.46 bits per heavy atom. The van der Waals surface area contributed by atoms with Gasteiger partial charge in [-0.3, -0.25) is 14.9 Å².